The van der Waals surface area contributed by atoms with Crippen molar-refractivity contribution in [1.29, 1.82) is 0 Å². The van der Waals surface area contributed by atoms with Crippen LogP contribution in [0.5, 0.6) is 0 Å². The number of nitrogens with zero attached hydrogens (tertiary/aromatic N) is 2. The minimum atomic E-state index is -3.94. The van der Waals surface area contributed by atoms with Gasteiger partial charge in [-0.15, -0.1) is 6.58 Å². The summed E-state index contributed by atoms with van der Waals surface area (Å²) in [6, 6.07) is 1.36. The monoisotopic (exact) mass is 757 g/mol. The van der Waals surface area contributed by atoms with E-state index in [1.165, 1.54) is 21.9 Å². The molecule has 0 bridgehead atoms. The molecule has 3 heterocycles. The van der Waals surface area contributed by atoms with Crippen LogP contribution in [-0.2, 0) is 47.0 Å². The molecule has 5 amide bonds. The van der Waals surface area contributed by atoms with Crippen molar-refractivity contribution in [3.8, 4) is 0 Å². The van der Waals surface area contributed by atoms with Crippen LogP contribution in [0.3, 0.4) is 0 Å². The van der Waals surface area contributed by atoms with Crippen LogP contribution in [0, 0.1) is 11.7 Å². The fourth-order valence-electron chi connectivity index (χ4n) is 7.43. The van der Waals surface area contributed by atoms with Crippen molar-refractivity contribution in [2.24, 2.45) is 5.92 Å². The van der Waals surface area contributed by atoms with Gasteiger partial charge in [0.15, 0.2) is 0 Å². The van der Waals surface area contributed by atoms with Crippen LogP contribution in [0.1, 0.15) is 89.7 Å². The van der Waals surface area contributed by atoms with Crippen molar-refractivity contribution in [1.82, 2.24) is 25.2 Å². The number of allylic oxidation sites excluding steroid dienone is 1. The van der Waals surface area contributed by atoms with Crippen LogP contribution in [0.2, 0.25) is 0 Å². The molecule has 288 valence electrons. The first-order chi connectivity index (χ1) is 25.0. The summed E-state index contributed by atoms with van der Waals surface area (Å²) < 4.78 is 53.6. The average Bonchev–Trinajstić information content (AvgIpc) is 3.98. The summed E-state index contributed by atoms with van der Waals surface area (Å²) >= 11 is 0. The second kappa shape index (κ2) is 14.7. The van der Waals surface area contributed by atoms with Gasteiger partial charge in [-0.05, 0) is 77.3 Å². The van der Waals surface area contributed by atoms with Crippen LogP contribution >= 0.6 is 0 Å². The van der Waals surface area contributed by atoms with E-state index in [2.05, 4.69) is 21.9 Å². The molecule has 3 fully saturated rings. The van der Waals surface area contributed by atoms with Gasteiger partial charge in [0.25, 0.3) is 5.91 Å². The van der Waals surface area contributed by atoms with Crippen molar-refractivity contribution in [2.75, 3.05) is 0 Å². The number of alkyl carbamates (subject to hydrolysis) is 1. The highest BCUT2D eigenvalue weighted by Gasteiger charge is 2.62. The zero-order chi connectivity index (χ0) is 38.3. The number of rotatable bonds is 8. The lowest BCUT2D eigenvalue weighted by Gasteiger charge is -2.34. The number of halogens is 1. The number of carbonyl (C=O) groups is 5. The molecule has 1 aromatic carbocycles. The zero-order valence-electron chi connectivity index (χ0n) is 30.3. The summed E-state index contributed by atoms with van der Waals surface area (Å²) in [4.78, 5) is 71.9. The fraction of sp³-hybridized carbons (Fsp3) is 0.595. The predicted octanol–water partition coefficient (Wildman–Crippen LogP) is 3.70. The van der Waals surface area contributed by atoms with Gasteiger partial charge in [-0.25, -0.2) is 22.4 Å². The molecule has 1 aromatic rings. The van der Waals surface area contributed by atoms with Crippen LogP contribution in [0.25, 0.3) is 0 Å². The summed E-state index contributed by atoms with van der Waals surface area (Å²) in [6.07, 6.45) is 5.89. The van der Waals surface area contributed by atoms with Gasteiger partial charge in [0, 0.05) is 24.4 Å². The van der Waals surface area contributed by atoms with E-state index in [-0.39, 0.29) is 38.8 Å². The summed E-state index contributed by atoms with van der Waals surface area (Å²) in [5.41, 5.74) is -1.45. The first-order valence-corrected chi connectivity index (χ1v) is 19.8. The minimum Gasteiger partial charge on any atom is -0.444 e. The highest BCUT2D eigenvalue weighted by atomic mass is 32.2. The zero-order valence-corrected chi connectivity index (χ0v) is 31.1. The maximum absolute atomic E-state index is 14.6. The molecule has 6 atom stereocenters. The van der Waals surface area contributed by atoms with Gasteiger partial charge >= 0.3 is 12.2 Å². The van der Waals surface area contributed by atoms with Crippen molar-refractivity contribution in [3.05, 3.63) is 60.0 Å². The largest absolute Gasteiger partial charge is 0.444 e. The predicted molar refractivity (Wildman–Crippen MR) is 190 cm³/mol. The van der Waals surface area contributed by atoms with Gasteiger partial charge in [0.1, 0.15) is 35.1 Å². The second-order valence-electron chi connectivity index (χ2n) is 15.6. The summed E-state index contributed by atoms with van der Waals surface area (Å²) in [5.74, 6) is -3.26. The SMILES string of the molecule is C=C[C@@H]1CC1(NC(=O)[C@@H]1C[C@@H](OC(=O)N2Cc3cccc(F)c3C2)C2C/C=C\CCCCC(NC(=O)OC(C)(C)C)C(=O)N21)C(=O)NS(=O)(=O)C1CC1. The maximum Gasteiger partial charge on any atom is 0.410 e. The van der Waals surface area contributed by atoms with E-state index < -0.39 is 92.3 Å². The molecule has 16 heteroatoms. The lowest BCUT2D eigenvalue weighted by Crippen LogP contribution is -2.59. The van der Waals surface area contributed by atoms with Crippen LogP contribution in [-0.4, -0.2) is 88.7 Å². The number of hydrogen-bond donors (Lipinski definition) is 3. The Morgan fingerprint density at radius 3 is 2.49 bits per heavy atom. The van der Waals surface area contributed by atoms with Gasteiger partial charge in [0.2, 0.25) is 21.8 Å². The summed E-state index contributed by atoms with van der Waals surface area (Å²) in [7, 11) is -3.94. The van der Waals surface area contributed by atoms with Gasteiger partial charge in [0.05, 0.1) is 17.8 Å². The van der Waals surface area contributed by atoms with Crippen molar-refractivity contribution < 1.29 is 46.3 Å². The molecule has 14 nitrogen and oxygen atoms in total. The number of nitrogens with one attached hydrogen (secondary N) is 3. The smallest absolute Gasteiger partial charge is 0.410 e. The van der Waals surface area contributed by atoms with E-state index in [1.807, 2.05) is 12.2 Å². The Bertz CT molecular complexity index is 1810. The molecule has 0 aromatic heterocycles. The Morgan fingerprint density at radius 2 is 1.83 bits per heavy atom. The molecule has 3 aliphatic heterocycles. The van der Waals surface area contributed by atoms with Crippen molar-refractivity contribution >= 4 is 39.9 Å². The van der Waals surface area contributed by atoms with Gasteiger partial charge in [-0.3, -0.25) is 24.0 Å². The average molecular weight is 758 g/mol. The highest BCUT2D eigenvalue weighted by molar-refractivity contribution is 7.91. The van der Waals surface area contributed by atoms with Gasteiger partial charge in [-0.1, -0.05) is 36.8 Å². The number of benzene rings is 1. The fourth-order valence-corrected chi connectivity index (χ4v) is 8.79. The van der Waals surface area contributed by atoms with Crippen LogP contribution in [0.4, 0.5) is 14.0 Å². The van der Waals surface area contributed by atoms with E-state index in [1.54, 1.807) is 32.9 Å². The minimum absolute atomic E-state index is 0.0170. The maximum atomic E-state index is 14.6. The number of sulfonamides is 1. The molecule has 3 N–H and O–H groups in total. The lowest BCUT2D eigenvalue weighted by atomic mass is 10.1. The standard InChI is InChI=1S/C37H48FN5O9S/c1-5-23-19-37(23,33(46)41-53(49,50)24-16-17-24)40-31(44)29-18-30(51-35(48)42-20-22-12-11-13-26(38)25(22)21-42)28-15-10-8-6-7-9-14-27(32(45)43(28)29)39-34(47)52-36(2,3)4/h5,8,10-13,23-24,27-30H,1,6-7,9,14-21H2,2-4H3,(H,39,47)(H,40,44)(H,41,46)/b10-8-/t23-,27?,28?,29+,30-,37?/m1/s1. The van der Waals surface area contributed by atoms with E-state index in [4.69, 9.17) is 9.47 Å². The number of hydrogen-bond acceptors (Lipinski definition) is 9. The molecular weight excluding hydrogens is 709 g/mol. The topological polar surface area (TPSA) is 181 Å². The Labute approximate surface area is 308 Å². The number of amides is 5. The first-order valence-electron chi connectivity index (χ1n) is 18.2. The molecule has 1 saturated heterocycles. The van der Waals surface area contributed by atoms with E-state index >= 15 is 0 Å². The number of fused-ring (bicyclic) bond motifs is 2. The Balaban J connectivity index is 1.30. The third-order valence-corrected chi connectivity index (χ3v) is 12.3. The van der Waals surface area contributed by atoms with Crippen molar-refractivity contribution in [2.45, 2.75) is 132 Å². The Hall–Kier alpha value is -4.47. The first kappa shape index (κ1) is 38.3. The van der Waals surface area contributed by atoms with E-state index in [9.17, 15) is 36.8 Å². The van der Waals surface area contributed by atoms with Gasteiger partial charge < -0.3 is 25.0 Å². The Kier molecular flexibility index (Phi) is 10.6. The molecule has 5 aliphatic rings. The lowest BCUT2D eigenvalue weighted by molar-refractivity contribution is -0.143. The van der Waals surface area contributed by atoms with Crippen LogP contribution < -0.4 is 15.4 Å². The molecule has 0 radical (unpaired) electrons. The normalized spacial score (nSPS) is 29.1. The molecule has 0 spiro atoms. The summed E-state index contributed by atoms with van der Waals surface area (Å²) in [6.45, 7) is 8.92. The number of ether oxygens (including phenoxy) is 2. The Morgan fingerprint density at radius 1 is 1.08 bits per heavy atom. The molecular formula is C37H48FN5O9S. The summed E-state index contributed by atoms with van der Waals surface area (Å²) in [5, 5.41) is 4.76. The van der Waals surface area contributed by atoms with Gasteiger partial charge in [-0.2, -0.15) is 0 Å². The third kappa shape index (κ3) is 8.36. The molecule has 2 aliphatic carbocycles. The molecule has 2 saturated carbocycles. The molecule has 6 rings (SSSR count). The molecule has 53 heavy (non-hydrogen) atoms. The van der Waals surface area contributed by atoms with Crippen LogP contribution in [0.15, 0.2) is 43.0 Å². The van der Waals surface area contributed by atoms with E-state index in [0.717, 1.165) is 6.42 Å². The van der Waals surface area contributed by atoms with Crippen molar-refractivity contribution in [3.63, 3.8) is 0 Å². The second-order valence-corrected chi connectivity index (χ2v) is 17.6. The highest BCUT2D eigenvalue weighted by Crippen LogP contribution is 2.46. The quantitative estimate of drug-likeness (QED) is 0.334. The molecule has 3 unspecified atom stereocenters. The number of carbonyl (C=O) groups excluding carboxylic acids is 5. The third-order valence-electron chi connectivity index (χ3n) is 10.5. The van der Waals surface area contributed by atoms with E-state index in [0.29, 0.717) is 36.8 Å².